The minimum atomic E-state index is -0.316. The summed E-state index contributed by atoms with van der Waals surface area (Å²) in [5.41, 5.74) is 2.43. The molecule has 0 saturated heterocycles. The SMILES string of the molecule is O=C(Nc1ccccc1)c1nnn(-c2ccc(Br)cc2)c1CSc1ncccn1. The maximum absolute atomic E-state index is 12.9. The van der Waals surface area contributed by atoms with Crippen molar-refractivity contribution in [1.82, 2.24) is 25.0 Å². The lowest BCUT2D eigenvalue weighted by atomic mass is 10.2. The van der Waals surface area contributed by atoms with E-state index in [1.54, 1.807) is 23.1 Å². The van der Waals surface area contributed by atoms with Crippen molar-refractivity contribution in [3.05, 3.63) is 88.9 Å². The minimum absolute atomic E-state index is 0.264. The molecule has 4 rings (SSSR count). The summed E-state index contributed by atoms with van der Waals surface area (Å²) in [6.07, 6.45) is 3.37. The van der Waals surface area contributed by atoms with Crippen molar-refractivity contribution in [1.29, 1.82) is 0 Å². The Kier molecular flexibility index (Phi) is 5.97. The lowest BCUT2D eigenvalue weighted by molar-refractivity contribution is 0.102. The van der Waals surface area contributed by atoms with Crippen LogP contribution in [0.4, 0.5) is 5.69 Å². The topological polar surface area (TPSA) is 85.6 Å². The summed E-state index contributed by atoms with van der Waals surface area (Å²) in [7, 11) is 0. The molecule has 0 unspecified atom stereocenters. The molecule has 4 aromatic rings. The van der Waals surface area contributed by atoms with Crippen LogP contribution in [0.3, 0.4) is 0 Å². The second-order valence-corrected chi connectivity index (χ2v) is 7.77. The predicted octanol–water partition coefficient (Wildman–Crippen LogP) is 4.36. The van der Waals surface area contributed by atoms with Gasteiger partial charge in [0.15, 0.2) is 10.9 Å². The first kappa shape index (κ1) is 19.3. The maximum atomic E-state index is 12.9. The first-order valence-electron chi connectivity index (χ1n) is 8.67. The van der Waals surface area contributed by atoms with Gasteiger partial charge in [-0.1, -0.05) is 51.1 Å². The lowest BCUT2D eigenvalue weighted by Gasteiger charge is -2.08. The number of hydrogen-bond donors (Lipinski definition) is 1. The van der Waals surface area contributed by atoms with E-state index in [0.29, 0.717) is 22.3 Å². The monoisotopic (exact) mass is 466 g/mol. The third-order valence-corrected chi connectivity index (χ3v) is 5.38. The fourth-order valence-electron chi connectivity index (χ4n) is 2.60. The molecule has 144 valence electrons. The largest absolute Gasteiger partial charge is 0.321 e. The molecule has 0 spiro atoms. The van der Waals surface area contributed by atoms with Crippen LogP contribution in [-0.2, 0) is 5.75 Å². The summed E-state index contributed by atoms with van der Waals surface area (Å²) < 4.78 is 2.62. The van der Waals surface area contributed by atoms with Crippen LogP contribution in [0.15, 0.2) is 82.7 Å². The Hall–Kier alpha value is -3.04. The molecule has 1 N–H and O–H groups in total. The highest BCUT2D eigenvalue weighted by molar-refractivity contribution is 9.10. The van der Waals surface area contributed by atoms with Crippen molar-refractivity contribution >= 4 is 39.3 Å². The molecular formula is C20H15BrN6OS. The molecule has 0 saturated carbocycles. The second-order valence-electron chi connectivity index (χ2n) is 5.91. The van der Waals surface area contributed by atoms with Crippen molar-refractivity contribution in [2.75, 3.05) is 5.32 Å². The number of nitrogens with zero attached hydrogens (tertiary/aromatic N) is 5. The Morgan fingerprint density at radius 1 is 1.00 bits per heavy atom. The number of aromatic nitrogens is 5. The van der Waals surface area contributed by atoms with Crippen LogP contribution in [0, 0.1) is 0 Å². The Morgan fingerprint density at radius 2 is 1.72 bits per heavy atom. The number of rotatable bonds is 6. The van der Waals surface area contributed by atoms with Crippen LogP contribution in [-0.4, -0.2) is 30.9 Å². The zero-order valence-corrected chi connectivity index (χ0v) is 17.5. The number of para-hydroxylation sites is 1. The predicted molar refractivity (Wildman–Crippen MR) is 115 cm³/mol. The van der Waals surface area contributed by atoms with Gasteiger partial charge in [-0.05, 0) is 42.5 Å². The van der Waals surface area contributed by atoms with Crippen molar-refractivity contribution < 1.29 is 4.79 Å². The van der Waals surface area contributed by atoms with Gasteiger partial charge in [0, 0.05) is 28.3 Å². The van der Waals surface area contributed by atoms with Gasteiger partial charge in [0.1, 0.15) is 0 Å². The van der Waals surface area contributed by atoms with Gasteiger partial charge in [0.05, 0.1) is 11.4 Å². The molecule has 1 amide bonds. The Morgan fingerprint density at radius 3 is 2.45 bits per heavy atom. The number of carbonyl (C=O) groups excluding carboxylic acids is 1. The smallest absolute Gasteiger partial charge is 0.278 e. The Bertz CT molecular complexity index is 1100. The van der Waals surface area contributed by atoms with E-state index in [-0.39, 0.29) is 11.6 Å². The third kappa shape index (κ3) is 4.69. The van der Waals surface area contributed by atoms with Gasteiger partial charge in [-0.2, -0.15) is 0 Å². The molecule has 2 heterocycles. The normalized spacial score (nSPS) is 10.7. The average molecular weight is 467 g/mol. The van der Waals surface area contributed by atoms with Gasteiger partial charge < -0.3 is 5.32 Å². The summed E-state index contributed by atoms with van der Waals surface area (Å²) in [5, 5.41) is 11.9. The van der Waals surface area contributed by atoms with Crippen molar-refractivity contribution in [3.8, 4) is 5.69 Å². The molecule has 0 bridgehead atoms. The molecular weight excluding hydrogens is 452 g/mol. The molecule has 29 heavy (non-hydrogen) atoms. The number of nitrogens with one attached hydrogen (secondary N) is 1. The molecule has 0 aliphatic carbocycles. The maximum Gasteiger partial charge on any atom is 0.278 e. The molecule has 0 radical (unpaired) electrons. The van der Waals surface area contributed by atoms with Gasteiger partial charge in [-0.3, -0.25) is 4.79 Å². The molecule has 0 atom stereocenters. The lowest BCUT2D eigenvalue weighted by Crippen LogP contribution is -2.15. The van der Waals surface area contributed by atoms with E-state index in [4.69, 9.17) is 0 Å². The van der Waals surface area contributed by atoms with Crippen LogP contribution >= 0.6 is 27.7 Å². The van der Waals surface area contributed by atoms with Crippen molar-refractivity contribution in [3.63, 3.8) is 0 Å². The molecule has 0 fully saturated rings. The first-order valence-corrected chi connectivity index (χ1v) is 10.5. The van der Waals surface area contributed by atoms with E-state index in [0.717, 1.165) is 10.2 Å². The highest BCUT2D eigenvalue weighted by Crippen LogP contribution is 2.24. The van der Waals surface area contributed by atoms with Crippen LogP contribution < -0.4 is 5.32 Å². The number of carbonyl (C=O) groups is 1. The van der Waals surface area contributed by atoms with E-state index < -0.39 is 0 Å². The number of thioether (sulfide) groups is 1. The summed E-state index contributed by atoms with van der Waals surface area (Å²) in [6.45, 7) is 0. The minimum Gasteiger partial charge on any atom is -0.321 e. The molecule has 2 aromatic carbocycles. The molecule has 0 aliphatic heterocycles. The highest BCUT2D eigenvalue weighted by Gasteiger charge is 2.21. The summed E-state index contributed by atoms with van der Waals surface area (Å²) in [6, 6.07) is 18.7. The standard InChI is InChI=1S/C20H15BrN6OS/c21-14-7-9-16(10-8-14)27-17(13-29-20-22-11-4-12-23-20)18(25-26-27)19(28)24-15-5-2-1-3-6-15/h1-12H,13H2,(H,24,28). The number of benzene rings is 2. The van der Waals surface area contributed by atoms with E-state index in [1.807, 2.05) is 54.6 Å². The quantitative estimate of drug-likeness (QED) is 0.335. The molecule has 7 nitrogen and oxygen atoms in total. The highest BCUT2D eigenvalue weighted by atomic mass is 79.9. The molecule has 2 aromatic heterocycles. The number of hydrogen-bond acceptors (Lipinski definition) is 6. The Labute approximate surface area is 179 Å². The first-order chi connectivity index (χ1) is 14.2. The number of halogens is 1. The number of anilines is 1. The zero-order chi connectivity index (χ0) is 20.1. The van der Waals surface area contributed by atoms with Crippen LogP contribution in [0.25, 0.3) is 5.69 Å². The van der Waals surface area contributed by atoms with Crippen LogP contribution in [0.1, 0.15) is 16.2 Å². The van der Waals surface area contributed by atoms with Crippen LogP contribution in [0.5, 0.6) is 0 Å². The van der Waals surface area contributed by atoms with Gasteiger partial charge in [0.25, 0.3) is 5.91 Å². The van der Waals surface area contributed by atoms with Gasteiger partial charge in [-0.25, -0.2) is 14.6 Å². The average Bonchev–Trinajstić information content (AvgIpc) is 3.18. The zero-order valence-electron chi connectivity index (χ0n) is 15.1. The fraction of sp³-hybridized carbons (Fsp3) is 0.0500. The van der Waals surface area contributed by atoms with Crippen LogP contribution in [0.2, 0.25) is 0 Å². The van der Waals surface area contributed by atoms with E-state index in [9.17, 15) is 4.79 Å². The fourth-order valence-corrected chi connectivity index (χ4v) is 3.66. The summed E-state index contributed by atoms with van der Waals surface area (Å²) in [4.78, 5) is 21.3. The second kappa shape index (κ2) is 8.97. The summed E-state index contributed by atoms with van der Waals surface area (Å²) in [5.74, 6) is 0.120. The van der Waals surface area contributed by atoms with E-state index >= 15 is 0 Å². The van der Waals surface area contributed by atoms with E-state index in [2.05, 4.69) is 41.5 Å². The summed E-state index contributed by atoms with van der Waals surface area (Å²) >= 11 is 4.85. The number of amides is 1. The van der Waals surface area contributed by atoms with Crippen molar-refractivity contribution in [2.45, 2.75) is 10.9 Å². The third-order valence-electron chi connectivity index (χ3n) is 3.96. The van der Waals surface area contributed by atoms with Gasteiger partial charge in [0.2, 0.25) is 0 Å². The Balaban J connectivity index is 1.66. The van der Waals surface area contributed by atoms with Gasteiger partial charge >= 0.3 is 0 Å². The van der Waals surface area contributed by atoms with Crippen molar-refractivity contribution in [2.24, 2.45) is 0 Å². The molecule has 0 aliphatic rings. The van der Waals surface area contributed by atoms with Gasteiger partial charge in [-0.15, -0.1) is 5.10 Å². The molecule has 9 heteroatoms. The van der Waals surface area contributed by atoms with E-state index in [1.165, 1.54) is 11.8 Å².